The summed E-state index contributed by atoms with van der Waals surface area (Å²) in [5, 5.41) is 33.2. The predicted molar refractivity (Wildman–Crippen MR) is 181 cm³/mol. The molecule has 7 N–H and O–H groups in total. The molecule has 0 spiro atoms. The maximum Gasteiger partial charge on any atom is 0.0577 e. The highest BCUT2D eigenvalue weighted by Gasteiger charge is 2.62. The number of hydrogen-bond donors (Lipinski definition) is 6. The summed E-state index contributed by atoms with van der Waals surface area (Å²) in [6.45, 7) is 18.2. The zero-order chi connectivity index (χ0) is 31.0. The van der Waals surface area contributed by atoms with E-state index in [2.05, 4.69) is 50.6 Å². The van der Waals surface area contributed by atoms with Crippen LogP contribution in [0.1, 0.15) is 125 Å². The van der Waals surface area contributed by atoms with Crippen LogP contribution >= 0.6 is 0 Å². The van der Waals surface area contributed by atoms with Crippen LogP contribution in [-0.4, -0.2) is 67.7 Å². The van der Waals surface area contributed by atoms with Crippen LogP contribution < -0.4 is 21.7 Å². The Bertz CT molecular complexity index is 811. The molecule has 4 aliphatic rings. The summed E-state index contributed by atoms with van der Waals surface area (Å²) in [7, 11) is 0. The lowest BCUT2D eigenvalue weighted by Crippen LogP contribution is -2.59. The molecular weight excluding hydrogens is 532 g/mol. The van der Waals surface area contributed by atoms with Crippen LogP contribution in [0.25, 0.3) is 0 Å². The van der Waals surface area contributed by atoms with E-state index in [0.717, 1.165) is 70.9 Å². The lowest BCUT2D eigenvalue weighted by Gasteiger charge is -2.62. The molecular formula is C37H72N4O2. The zero-order valence-electron chi connectivity index (χ0n) is 28.9. The van der Waals surface area contributed by atoms with Crippen LogP contribution in [0, 0.1) is 52.3 Å². The first-order valence-electron chi connectivity index (χ1n) is 18.8. The summed E-state index contributed by atoms with van der Waals surface area (Å²) in [6.07, 6.45) is 16.7. The monoisotopic (exact) mass is 605 g/mol. The van der Waals surface area contributed by atoms with E-state index < -0.39 is 0 Å². The summed E-state index contributed by atoms with van der Waals surface area (Å²) in [5.41, 5.74) is 6.30. The molecule has 0 amide bonds. The van der Waals surface area contributed by atoms with Gasteiger partial charge in [-0.1, -0.05) is 34.6 Å². The first kappa shape index (κ1) is 35.6. The number of nitrogens with one attached hydrogen (secondary N) is 3. The SMILES string of the molecule is CC(C)C(O)CC[C@@H](C)[C@H]1CCC2C3C(CC[C@@]21C)[C@@]1(C)CC[C@H](NCCCNCCCCNCCCN)C[C@@H]1C[C@H]3O. The number of unbranched alkanes of at least 4 members (excludes halogenated alkanes) is 1. The quantitative estimate of drug-likeness (QED) is 0.112. The van der Waals surface area contributed by atoms with Crippen molar-refractivity contribution < 1.29 is 10.2 Å². The smallest absolute Gasteiger partial charge is 0.0577 e. The molecule has 4 aliphatic carbocycles. The summed E-state index contributed by atoms with van der Waals surface area (Å²) in [6, 6.07) is 0.619. The molecule has 252 valence electrons. The van der Waals surface area contributed by atoms with Crippen molar-refractivity contribution in [1.82, 2.24) is 16.0 Å². The molecule has 4 fully saturated rings. The Morgan fingerprint density at radius 2 is 1.42 bits per heavy atom. The summed E-state index contributed by atoms with van der Waals surface area (Å²) in [5.74, 6) is 4.28. The van der Waals surface area contributed by atoms with E-state index in [-0.39, 0.29) is 12.2 Å². The van der Waals surface area contributed by atoms with Gasteiger partial charge in [0.15, 0.2) is 0 Å². The highest BCUT2D eigenvalue weighted by atomic mass is 16.3. The van der Waals surface area contributed by atoms with Gasteiger partial charge in [-0.2, -0.15) is 0 Å². The number of nitrogens with two attached hydrogens (primary N) is 1. The van der Waals surface area contributed by atoms with Crippen LogP contribution in [0.4, 0.5) is 0 Å². The van der Waals surface area contributed by atoms with Gasteiger partial charge in [0.2, 0.25) is 0 Å². The minimum absolute atomic E-state index is 0.122. The van der Waals surface area contributed by atoms with E-state index in [0.29, 0.717) is 52.4 Å². The van der Waals surface area contributed by atoms with Crippen LogP contribution in [0.5, 0.6) is 0 Å². The van der Waals surface area contributed by atoms with Crippen molar-refractivity contribution in [3.63, 3.8) is 0 Å². The zero-order valence-corrected chi connectivity index (χ0v) is 28.9. The second kappa shape index (κ2) is 16.5. The molecule has 11 atom stereocenters. The molecule has 4 unspecified atom stereocenters. The maximum absolute atomic E-state index is 11.8. The van der Waals surface area contributed by atoms with Gasteiger partial charge in [0.25, 0.3) is 0 Å². The van der Waals surface area contributed by atoms with Gasteiger partial charge in [-0.3, -0.25) is 0 Å². The van der Waals surface area contributed by atoms with Crippen molar-refractivity contribution >= 4 is 0 Å². The van der Waals surface area contributed by atoms with Crippen molar-refractivity contribution in [3.05, 3.63) is 0 Å². The molecule has 4 saturated carbocycles. The molecule has 0 saturated heterocycles. The van der Waals surface area contributed by atoms with E-state index in [9.17, 15) is 10.2 Å². The third-order valence-electron chi connectivity index (χ3n) is 13.6. The molecule has 6 heteroatoms. The van der Waals surface area contributed by atoms with Gasteiger partial charge < -0.3 is 31.9 Å². The van der Waals surface area contributed by atoms with Gasteiger partial charge >= 0.3 is 0 Å². The normalized spacial score (nSPS) is 38.9. The van der Waals surface area contributed by atoms with Gasteiger partial charge in [-0.25, -0.2) is 0 Å². The highest BCUT2D eigenvalue weighted by Crippen LogP contribution is 2.68. The van der Waals surface area contributed by atoms with E-state index in [1.165, 1.54) is 64.2 Å². The largest absolute Gasteiger partial charge is 0.393 e. The predicted octanol–water partition coefficient (Wildman–Crippen LogP) is 5.71. The Labute approximate surface area is 265 Å². The standard InChI is InChI=1S/C37H72N4O2/c1-26(2)33(42)13-10-27(3)30-11-12-31-35-32(15-17-37(30,31)5)36(4)16-14-29(24-28(36)25-34(35)43)41-23-9-22-40-20-7-6-19-39-21-8-18-38/h26-35,39-43H,6-25,38H2,1-5H3/t27-,28-,29+,30-,31?,32?,33?,34-,35?,36+,37-/m1/s1. The molecule has 6 nitrogen and oxygen atoms in total. The fourth-order valence-electron chi connectivity index (χ4n) is 10.8. The van der Waals surface area contributed by atoms with Crippen LogP contribution in [0.2, 0.25) is 0 Å². The first-order valence-corrected chi connectivity index (χ1v) is 18.8. The van der Waals surface area contributed by atoms with Gasteiger partial charge in [-0.15, -0.1) is 0 Å². The minimum Gasteiger partial charge on any atom is -0.393 e. The molecule has 0 heterocycles. The van der Waals surface area contributed by atoms with Gasteiger partial charge in [0, 0.05) is 6.04 Å². The lowest BCUT2D eigenvalue weighted by atomic mass is 9.43. The number of fused-ring (bicyclic) bond motifs is 5. The van der Waals surface area contributed by atoms with E-state index in [1.807, 2.05) is 0 Å². The van der Waals surface area contributed by atoms with Crippen molar-refractivity contribution in [1.29, 1.82) is 0 Å². The Morgan fingerprint density at radius 1 is 0.767 bits per heavy atom. The third kappa shape index (κ3) is 8.57. The fourth-order valence-corrected chi connectivity index (χ4v) is 10.8. The molecule has 0 radical (unpaired) electrons. The van der Waals surface area contributed by atoms with Crippen molar-refractivity contribution in [3.8, 4) is 0 Å². The van der Waals surface area contributed by atoms with Gasteiger partial charge in [0.05, 0.1) is 12.2 Å². The van der Waals surface area contributed by atoms with Crippen molar-refractivity contribution in [2.75, 3.05) is 39.3 Å². The molecule has 0 aliphatic heterocycles. The first-order chi connectivity index (χ1) is 20.6. The Balaban J connectivity index is 1.20. The van der Waals surface area contributed by atoms with Crippen LogP contribution in [0.15, 0.2) is 0 Å². The number of rotatable bonds is 18. The lowest BCUT2D eigenvalue weighted by molar-refractivity contribution is -0.167. The Hall–Kier alpha value is -0.240. The summed E-state index contributed by atoms with van der Waals surface area (Å²) >= 11 is 0. The molecule has 0 aromatic heterocycles. The fraction of sp³-hybridized carbons (Fsp3) is 1.00. The van der Waals surface area contributed by atoms with Crippen molar-refractivity contribution in [2.45, 2.75) is 143 Å². The maximum atomic E-state index is 11.8. The van der Waals surface area contributed by atoms with Crippen LogP contribution in [-0.2, 0) is 0 Å². The van der Waals surface area contributed by atoms with Gasteiger partial charge in [0.1, 0.15) is 0 Å². The number of hydrogen-bond acceptors (Lipinski definition) is 6. The van der Waals surface area contributed by atoms with E-state index in [1.54, 1.807) is 0 Å². The summed E-state index contributed by atoms with van der Waals surface area (Å²) in [4.78, 5) is 0. The van der Waals surface area contributed by atoms with Crippen LogP contribution in [0.3, 0.4) is 0 Å². The molecule has 43 heavy (non-hydrogen) atoms. The van der Waals surface area contributed by atoms with E-state index >= 15 is 0 Å². The second-order valence-electron chi connectivity index (χ2n) is 16.5. The average molecular weight is 605 g/mol. The third-order valence-corrected chi connectivity index (χ3v) is 13.6. The molecule has 0 aromatic carbocycles. The average Bonchev–Trinajstić information content (AvgIpc) is 3.34. The Kier molecular flexibility index (Phi) is 13.7. The number of aliphatic hydroxyl groups excluding tert-OH is 2. The number of aliphatic hydroxyl groups is 2. The Morgan fingerprint density at radius 3 is 2.12 bits per heavy atom. The van der Waals surface area contributed by atoms with Gasteiger partial charge in [-0.05, 0) is 181 Å². The second-order valence-corrected chi connectivity index (χ2v) is 16.5. The molecule has 0 aromatic rings. The van der Waals surface area contributed by atoms with Crippen molar-refractivity contribution in [2.24, 2.45) is 58.0 Å². The minimum atomic E-state index is -0.170. The molecule has 4 rings (SSSR count). The highest BCUT2D eigenvalue weighted by molar-refractivity contribution is 5.12. The molecule has 0 bridgehead atoms. The topological polar surface area (TPSA) is 103 Å². The van der Waals surface area contributed by atoms with E-state index in [4.69, 9.17) is 5.73 Å². The summed E-state index contributed by atoms with van der Waals surface area (Å²) < 4.78 is 0.